The maximum atomic E-state index is 11.8. The molecule has 2 rings (SSSR count). The standard InChI is InChI=1S/C15H20N4O2.ClH/c1-21-10-9-16-11-15(20)18-14-7-8-17-19(14)12-13-5-3-2-4-6-13;/h2-8,16H,9-12H2,1H3,(H,18,20);1H. The second-order valence-corrected chi connectivity index (χ2v) is 4.58. The normalized spacial score (nSPS) is 10.0. The largest absolute Gasteiger partial charge is 0.383 e. The highest BCUT2D eigenvalue weighted by molar-refractivity contribution is 5.91. The fourth-order valence-electron chi connectivity index (χ4n) is 1.88. The summed E-state index contributed by atoms with van der Waals surface area (Å²) >= 11 is 0. The van der Waals surface area contributed by atoms with Gasteiger partial charge in [-0.2, -0.15) is 5.10 Å². The summed E-state index contributed by atoms with van der Waals surface area (Å²) < 4.78 is 6.67. The maximum Gasteiger partial charge on any atom is 0.239 e. The van der Waals surface area contributed by atoms with Gasteiger partial charge in [-0.3, -0.25) is 4.79 Å². The number of methoxy groups -OCH3 is 1. The summed E-state index contributed by atoms with van der Waals surface area (Å²) in [7, 11) is 1.63. The van der Waals surface area contributed by atoms with Crippen LogP contribution < -0.4 is 10.6 Å². The van der Waals surface area contributed by atoms with Crippen LogP contribution in [0.25, 0.3) is 0 Å². The first-order valence-corrected chi connectivity index (χ1v) is 6.85. The molecule has 0 aliphatic carbocycles. The number of benzene rings is 1. The van der Waals surface area contributed by atoms with Gasteiger partial charge in [-0.1, -0.05) is 30.3 Å². The molecule has 0 bridgehead atoms. The Morgan fingerprint density at radius 3 is 2.77 bits per heavy atom. The number of rotatable bonds is 8. The van der Waals surface area contributed by atoms with Crippen molar-refractivity contribution in [2.75, 3.05) is 32.1 Å². The Balaban J connectivity index is 0.00000242. The van der Waals surface area contributed by atoms with Crippen molar-refractivity contribution in [3.05, 3.63) is 48.2 Å². The lowest BCUT2D eigenvalue weighted by molar-refractivity contribution is -0.115. The van der Waals surface area contributed by atoms with E-state index in [1.54, 1.807) is 24.1 Å². The van der Waals surface area contributed by atoms with E-state index in [0.717, 1.165) is 5.56 Å². The molecule has 0 atom stereocenters. The van der Waals surface area contributed by atoms with E-state index in [1.165, 1.54) is 0 Å². The van der Waals surface area contributed by atoms with Gasteiger partial charge in [0.2, 0.25) is 5.91 Å². The summed E-state index contributed by atoms with van der Waals surface area (Å²) in [6.45, 7) is 2.10. The smallest absolute Gasteiger partial charge is 0.239 e. The molecule has 6 nitrogen and oxygen atoms in total. The van der Waals surface area contributed by atoms with Gasteiger partial charge in [-0.15, -0.1) is 12.4 Å². The minimum absolute atomic E-state index is 0. The summed E-state index contributed by atoms with van der Waals surface area (Å²) in [5.41, 5.74) is 1.13. The zero-order chi connectivity index (χ0) is 14.9. The van der Waals surface area contributed by atoms with Crippen molar-refractivity contribution in [3.63, 3.8) is 0 Å². The number of hydrogen-bond donors (Lipinski definition) is 2. The molecule has 0 fully saturated rings. The average Bonchev–Trinajstić information content (AvgIpc) is 2.92. The summed E-state index contributed by atoms with van der Waals surface area (Å²) in [5.74, 6) is 0.596. The molecule has 2 N–H and O–H groups in total. The van der Waals surface area contributed by atoms with E-state index in [1.807, 2.05) is 30.3 Å². The van der Waals surface area contributed by atoms with Crippen molar-refractivity contribution in [1.29, 1.82) is 0 Å². The average molecular weight is 325 g/mol. The summed E-state index contributed by atoms with van der Waals surface area (Å²) in [6.07, 6.45) is 1.68. The van der Waals surface area contributed by atoms with Crippen molar-refractivity contribution in [2.24, 2.45) is 0 Å². The number of hydrogen-bond acceptors (Lipinski definition) is 4. The molecule has 0 radical (unpaired) electrons. The number of aromatic nitrogens is 2. The molecule has 0 unspecified atom stereocenters. The molecule has 1 amide bonds. The Bertz CT molecular complexity index is 560. The first-order valence-electron chi connectivity index (χ1n) is 6.85. The van der Waals surface area contributed by atoms with Crippen molar-refractivity contribution < 1.29 is 9.53 Å². The highest BCUT2D eigenvalue weighted by atomic mass is 35.5. The van der Waals surface area contributed by atoms with E-state index in [0.29, 0.717) is 25.5 Å². The number of nitrogens with one attached hydrogen (secondary N) is 2. The molecule has 2 aromatic rings. The van der Waals surface area contributed by atoms with E-state index >= 15 is 0 Å². The number of nitrogens with zero attached hydrogens (tertiary/aromatic N) is 2. The molecule has 0 saturated carbocycles. The van der Waals surface area contributed by atoms with Crippen LogP contribution in [0.5, 0.6) is 0 Å². The lowest BCUT2D eigenvalue weighted by atomic mass is 10.2. The summed E-state index contributed by atoms with van der Waals surface area (Å²) in [5, 5.41) is 10.1. The predicted molar refractivity (Wildman–Crippen MR) is 88.4 cm³/mol. The molecule has 1 aromatic carbocycles. The van der Waals surface area contributed by atoms with Crippen LogP contribution in [0.2, 0.25) is 0 Å². The van der Waals surface area contributed by atoms with Gasteiger partial charge in [0.05, 0.1) is 25.9 Å². The number of halogens is 1. The van der Waals surface area contributed by atoms with Crippen LogP contribution in [-0.2, 0) is 16.1 Å². The van der Waals surface area contributed by atoms with Crippen LogP contribution in [0.3, 0.4) is 0 Å². The molecular formula is C15H21ClN4O2. The first-order chi connectivity index (χ1) is 10.3. The summed E-state index contributed by atoms with van der Waals surface area (Å²) in [6, 6.07) is 11.8. The van der Waals surface area contributed by atoms with Gasteiger partial charge in [0.1, 0.15) is 5.82 Å². The third kappa shape index (κ3) is 5.85. The Morgan fingerprint density at radius 1 is 1.27 bits per heavy atom. The highest BCUT2D eigenvalue weighted by Crippen LogP contribution is 2.09. The van der Waals surface area contributed by atoms with Gasteiger partial charge in [-0.05, 0) is 5.56 Å². The van der Waals surface area contributed by atoms with Gasteiger partial charge < -0.3 is 15.4 Å². The zero-order valence-corrected chi connectivity index (χ0v) is 13.3. The Hall–Kier alpha value is -1.89. The van der Waals surface area contributed by atoms with E-state index in [2.05, 4.69) is 15.7 Å². The minimum atomic E-state index is -0.0964. The van der Waals surface area contributed by atoms with E-state index in [9.17, 15) is 4.79 Å². The van der Waals surface area contributed by atoms with Crippen molar-refractivity contribution in [1.82, 2.24) is 15.1 Å². The SMILES string of the molecule is COCCNCC(=O)Nc1ccnn1Cc1ccccc1.Cl. The predicted octanol–water partition coefficient (Wildman–Crippen LogP) is 1.53. The van der Waals surface area contributed by atoms with Crippen LogP contribution in [0.4, 0.5) is 5.82 Å². The quantitative estimate of drug-likeness (QED) is 0.723. The fraction of sp³-hybridized carbons (Fsp3) is 0.333. The molecule has 0 aliphatic heterocycles. The van der Waals surface area contributed by atoms with Gasteiger partial charge in [0.25, 0.3) is 0 Å². The molecular weight excluding hydrogens is 304 g/mol. The van der Waals surface area contributed by atoms with Crippen LogP contribution >= 0.6 is 12.4 Å². The summed E-state index contributed by atoms with van der Waals surface area (Å²) in [4.78, 5) is 11.8. The molecule has 1 aromatic heterocycles. The number of carbonyl (C=O) groups excluding carboxylic acids is 1. The molecule has 0 spiro atoms. The molecule has 120 valence electrons. The number of amides is 1. The first kappa shape index (κ1) is 18.2. The second kappa shape index (κ2) is 9.94. The van der Waals surface area contributed by atoms with Crippen LogP contribution in [0.15, 0.2) is 42.6 Å². The molecule has 1 heterocycles. The van der Waals surface area contributed by atoms with Crippen molar-refractivity contribution >= 4 is 24.1 Å². The lowest BCUT2D eigenvalue weighted by Crippen LogP contribution is -2.31. The van der Waals surface area contributed by atoms with Crippen LogP contribution in [-0.4, -0.2) is 42.5 Å². The third-order valence-corrected chi connectivity index (χ3v) is 2.93. The minimum Gasteiger partial charge on any atom is -0.383 e. The molecule has 0 aliphatic rings. The molecule has 0 saturated heterocycles. The lowest BCUT2D eigenvalue weighted by Gasteiger charge is -2.09. The number of carbonyl (C=O) groups is 1. The monoisotopic (exact) mass is 324 g/mol. The zero-order valence-electron chi connectivity index (χ0n) is 12.5. The van der Waals surface area contributed by atoms with Gasteiger partial charge >= 0.3 is 0 Å². The number of anilines is 1. The topological polar surface area (TPSA) is 68.2 Å². The van der Waals surface area contributed by atoms with Gasteiger partial charge in [0.15, 0.2) is 0 Å². The van der Waals surface area contributed by atoms with Crippen molar-refractivity contribution in [3.8, 4) is 0 Å². The second-order valence-electron chi connectivity index (χ2n) is 4.58. The molecule has 7 heteroatoms. The van der Waals surface area contributed by atoms with E-state index in [-0.39, 0.29) is 24.9 Å². The van der Waals surface area contributed by atoms with Gasteiger partial charge in [-0.25, -0.2) is 4.68 Å². The van der Waals surface area contributed by atoms with E-state index < -0.39 is 0 Å². The maximum absolute atomic E-state index is 11.8. The Labute approximate surface area is 136 Å². The Kier molecular flexibility index (Phi) is 8.21. The Morgan fingerprint density at radius 2 is 2.05 bits per heavy atom. The fourth-order valence-corrected chi connectivity index (χ4v) is 1.88. The van der Waals surface area contributed by atoms with Crippen LogP contribution in [0, 0.1) is 0 Å². The van der Waals surface area contributed by atoms with E-state index in [4.69, 9.17) is 4.74 Å². The van der Waals surface area contributed by atoms with Crippen LogP contribution in [0.1, 0.15) is 5.56 Å². The number of ether oxygens (including phenoxy) is 1. The van der Waals surface area contributed by atoms with Gasteiger partial charge in [0, 0.05) is 19.7 Å². The third-order valence-electron chi connectivity index (χ3n) is 2.93. The highest BCUT2D eigenvalue weighted by Gasteiger charge is 2.07. The van der Waals surface area contributed by atoms with Crippen molar-refractivity contribution in [2.45, 2.75) is 6.54 Å². The molecule has 22 heavy (non-hydrogen) atoms.